The van der Waals surface area contributed by atoms with E-state index < -0.39 is 0 Å². The summed E-state index contributed by atoms with van der Waals surface area (Å²) in [4.78, 5) is 7.08. The fraction of sp³-hybridized carbons (Fsp3) is 0.643. The number of aliphatic hydroxyl groups is 1. The number of anilines is 1. The van der Waals surface area contributed by atoms with Crippen LogP contribution in [0.15, 0.2) is 12.1 Å². The van der Waals surface area contributed by atoms with Crippen molar-refractivity contribution in [3.8, 4) is 0 Å². The summed E-state index contributed by atoms with van der Waals surface area (Å²) in [6, 6.07) is 4.73. The Morgan fingerprint density at radius 1 is 1.35 bits per heavy atom. The van der Waals surface area contributed by atoms with Crippen LogP contribution in [-0.4, -0.2) is 22.7 Å². The molecule has 0 amide bonds. The van der Waals surface area contributed by atoms with E-state index in [0.717, 1.165) is 36.5 Å². The van der Waals surface area contributed by atoms with Gasteiger partial charge in [-0.25, -0.2) is 4.98 Å². The second-order valence-electron chi connectivity index (χ2n) is 4.75. The lowest BCUT2D eigenvalue weighted by Crippen LogP contribution is -2.26. The Labute approximate surface area is 103 Å². The minimum absolute atomic E-state index is 0.106. The number of hydrogen-bond donors (Lipinski definition) is 1. The van der Waals surface area contributed by atoms with E-state index in [4.69, 9.17) is 4.98 Å². The smallest absolute Gasteiger partial charge is 0.129 e. The van der Waals surface area contributed by atoms with Gasteiger partial charge in [0, 0.05) is 18.3 Å². The zero-order valence-corrected chi connectivity index (χ0v) is 10.8. The van der Waals surface area contributed by atoms with Crippen molar-refractivity contribution in [2.45, 2.75) is 52.2 Å². The van der Waals surface area contributed by atoms with Crippen LogP contribution in [0.4, 0.5) is 5.82 Å². The molecular formula is C14H22N2O. The highest BCUT2D eigenvalue weighted by Gasteiger charge is 2.29. The maximum Gasteiger partial charge on any atom is 0.129 e. The van der Waals surface area contributed by atoms with Crippen LogP contribution in [0, 0.1) is 0 Å². The van der Waals surface area contributed by atoms with Crippen molar-refractivity contribution >= 4 is 5.82 Å². The van der Waals surface area contributed by atoms with Crippen LogP contribution in [0.1, 0.15) is 44.4 Å². The average Bonchev–Trinajstić information content (AvgIpc) is 3.15. The van der Waals surface area contributed by atoms with Crippen molar-refractivity contribution in [3.63, 3.8) is 0 Å². The van der Waals surface area contributed by atoms with Crippen molar-refractivity contribution in [1.29, 1.82) is 0 Å². The second kappa shape index (κ2) is 5.50. The minimum Gasteiger partial charge on any atom is -0.392 e. The zero-order valence-electron chi connectivity index (χ0n) is 10.8. The van der Waals surface area contributed by atoms with Gasteiger partial charge in [0.2, 0.25) is 0 Å². The third-order valence-corrected chi connectivity index (χ3v) is 3.24. The molecule has 1 aliphatic rings. The fourth-order valence-corrected chi connectivity index (χ4v) is 2.25. The molecule has 0 spiro atoms. The SMILES string of the molecule is CCCc1cc(CO)cc(N(CC)C2CC2)n1. The van der Waals surface area contributed by atoms with Crippen LogP contribution in [0.5, 0.6) is 0 Å². The molecule has 3 heteroatoms. The minimum atomic E-state index is 0.106. The molecule has 1 fully saturated rings. The fourth-order valence-electron chi connectivity index (χ4n) is 2.25. The molecule has 3 nitrogen and oxygen atoms in total. The maximum absolute atomic E-state index is 9.32. The molecule has 1 heterocycles. The van der Waals surface area contributed by atoms with Gasteiger partial charge in [-0.3, -0.25) is 0 Å². The van der Waals surface area contributed by atoms with Gasteiger partial charge in [0.1, 0.15) is 5.82 Å². The van der Waals surface area contributed by atoms with Gasteiger partial charge in [0.15, 0.2) is 0 Å². The molecule has 0 aliphatic heterocycles. The Morgan fingerprint density at radius 2 is 2.12 bits per heavy atom. The Bertz CT molecular complexity index is 374. The summed E-state index contributed by atoms with van der Waals surface area (Å²) >= 11 is 0. The number of nitrogens with zero attached hydrogens (tertiary/aromatic N) is 2. The standard InChI is InChI=1S/C14H22N2O/c1-3-5-12-8-11(10-17)9-14(15-12)16(4-2)13-6-7-13/h8-9,13,17H,3-7,10H2,1-2H3. The number of pyridine rings is 1. The van der Waals surface area contributed by atoms with Gasteiger partial charge in [-0.05, 0) is 43.9 Å². The van der Waals surface area contributed by atoms with Crippen LogP contribution in [0.25, 0.3) is 0 Å². The highest BCUT2D eigenvalue weighted by atomic mass is 16.3. The lowest BCUT2D eigenvalue weighted by molar-refractivity contribution is 0.281. The van der Waals surface area contributed by atoms with Gasteiger partial charge < -0.3 is 10.0 Å². The number of hydrogen-bond acceptors (Lipinski definition) is 3. The summed E-state index contributed by atoms with van der Waals surface area (Å²) in [5.74, 6) is 1.05. The van der Waals surface area contributed by atoms with Crippen LogP contribution in [0.3, 0.4) is 0 Å². The molecule has 2 rings (SSSR count). The van der Waals surface area contributed by atoms with E-state index >= 15 is 0 Å². The van der Waals surface area contributed by atoms with Gasteiger partial charge in [-0.15, -0.1) is 0 Å². The first kappa shape index (κ1) is 12.4. The Hall–Kier alpha value is -1.09. The first-order chi connectivity index (χ1) is 8.28. The van der Waals surface area contributed by atoms with E-state index in [0.29, 0.717) is 6.04 Å². The third-order valence-electron chi connectivity index (χ3n) is 3.24. The van der Waals surface area contributed by atoms with Crippen molar-refractivity contribution < 1.29 is 5.11 Å². The lowest BCUT2D eigenvalue weighted by atomic mass is 10.1. The molecule has 1 aliphatic carbocycles. The molecular weight excluding hydrogens is 212 g/mol. The summed E-state index contributed by atoms with van der Waals surface area (Å²) < 4.78 is 0. The van der Waals surface area contributed by atoms with E-state index in [-0.39, 0.29) is 6.61 Å². The highest BCUT2D eigenvalue weighted by Crippen LogP contribution is 2.31. The predicted molar refractivity (Wildman–Crippen MR) is 70.2 cm³/mol. The van der Waals surface area contributed by atoms with Gasteiger partial charge in [-0.2, -0.15) is 0 Å². The number of rotatable bonds is 6. The number of aromatic nitrogens is 1. The molecule has 0 aromatic carbocycles. The number of aliphatic hydroxyl groups excluding tert-OH is 1. The molecule has 0 atom stereocenters. The summed E-state index contributed by atoms with van der Waals surface area (Å²) in [7, 11) is 0. The molecule has 0 bridgehead atoms. The molecule has 17 heavy (non-hydrogen) atoms. The van der Waals surface area contributed by atoms with Crippen LogP contribution in [-0.2, 0) is 13.0 Å². The van der Waals surface area contributed by atoms with Crippen molar-refractivity contribution in [1.82, 2.24) is 4.98 Å². The summed E-state index contributed by atoms with van der Waals surface area (Å²) in [6.45, 7) is 5.43. The number of aryl methyl sites for hydroxylation is 1. The molecule has 1 aromatic rings. The van der Waals surface area contributed by atoms with E-state index in [9.17, 15) is 5.11 Å². The van der Waals surface area contributed by atoms with Crippen LogP contribution < -0.4 is 4.90 Å². The van der Waals surface area contributed by atoms with E-state index in [1.165, 1.54) is 12.8 Å². The van der Waals surface area contributed by atoms with E-state index in [1.807, 2.05) is 12.1 Å². The van der Waals surface area contributed by atoms with Crippen molar-refractivity contribution in [2.75, 3.05) is 11.4 Å². The molecule has 1 aromatic heterocycles. The molecule has 0 radical (unpaired) electrons. The van der Waals surface area contributed by atoms with Crippen molar-refractivity contribution in [3.05, 3.63) is 23.4 Å². The van der Waals surface area contributed by atoms with Gasteiger partial charge in [0.05, 0.1) is 6.61 Å². The molecule has 0 unspecified atom stereocenters. The molecule has 0 saturated heterocycles. The normalized spacial score (nSPS) is 15.0. The first-order valence-electron chi connectivity index (χ1n) is 6.65. The van der Waals surface area contributed by atoms with Gasteiger partial charge in [0.25, 0.3) is 0 Å². The molecule has 94 valence electrons. The average molecular weight is 234 g/mol. The summed E-state index contributed by atoms with van der Waals surface area (Å²) in [6.07, 6.45) is 4.64. The molecule has 1 saturated carbocycles. The quantitative estimate of drug-likeness (QED) is 0.821. The predicted octanol–water partition coefficient (Wildman–Crippen LogP) is 2.52. The largest absolute Gasteiger partial charge is 0.392 e. The Morgan fingerprint density at radius 3 is 2.65 bits per heavy atom. The van der Waals surface area contributed by atoms with Crippen molar-refractivity contribution in [2.24, 2.45) is 0 Å². The molecule has 1 N–H and O–H groups in total. The monoisotopic (exact) mass is 234 g/mol. The first-order valence-corrected chi connectivity index (χ1v) is 6.65. The Balaban J connectivity index is 2.27. The van der Waals surface area contributed by atoms with Gasteiger partial charge >= 0.3 is 0 Å². The van der Waals surface area contributed by atoms with E-state index in [1.54, 1.807) is 0 Å². The van der Waals surface area contributed by atoms with Gasteiger partial charge in [-0.1, -0.05) is 13.3 Å². The lowest BCUT2D eigenvalue weighted by Gasteiger charge is -2.22. The maximum atomic E-state index is 9.32. The summed E-state index contributed by atoms with van der Waals surface area (Å²) in [5, 5.41) is 9.32. The van der Waals surface area contributed by atoms with Crippen LogP contribution in [0.2, 0.25) is 0 Å². The van der Waals surface area contributed by atoms with E-state index in [2.05, 4.69) is 18.7 Å². The zero-order chi connectivity index (χ0) is 12.3. The third kappa shape index (κ3) is 2.97. The highest BCUT2D eigenvalue weighted by molar-refractivity contribution is 5.45. The Kier molecular flexibility index (Phi) is 4.00. The second-order valence-corrected chi connectivity index (χ2v) is 4.75. The topological polar surface area (TPSA) is 36.4 Å². The summed E-state index contributed by atoms with van der Waals surface area (Å²) in [5.41, 5.74) is 2.09. The van der Waals surface area contributed by atoms with Crippen LogP contribution >= 0.6 is 0 Å².